The predicted octanol–water partition coefficient (Wildman–Crippen LogP) is 3.37. The number of carbonyl (C=O) groups is 2. The first-order chi connectivity index (χ1) is 18.4. The minimum Gasteiger partial charge on any atom is -0.355 e. The summed E-state index contributed by atoms with van der Waals surface area (Å²) < 4.78 is 40.2. The fourth-order valence-electron chi connectivity index (χ4n) is 3.49. The molecule has 3 aromatic heterocycles. The zero-order chi connectivity index (χ0) is 28.5. The molecule has 0 aliphatic rings. The zero-order valence-corrected chi connectivity index (χ0v) is 22.8. The number of aryl methyl sites for hydroxylation is 1. The Bertz CT molecular complexity index is 1640. The molecule has 0 bridgehead atoms. The van der Waals surface area contributed by atoms with Crippen molar-refractivity contribution in [3.05, 3.63) is 73.0 Å². The highest BCUT2D eigenvalue weighted by atomic mass is 127. The van der Waals surface area contributed by atoms with E-state index in [1.165, 1.54) is 31.4 Å². The van der Waals surface area contributed by atoms with Crippen LogP contribution in [0.4, 0.5) is 18.9 Å². The maximum atomic E-state index is 13.7. The molecule has 0 spiro atoms. The van der Waals surface area contributed by atoms with E-state index in [9.17, 15) is 28.0 Å². The minimum absolute atomic E-state index is 0.0473. The third-order valence-corrected chi connectivity index (χ3v) is 6.65. The number of hydrogen-bond acceptors (Lipinski definition) is 8. The van der Waals surface area contributed by atoms with Crippen LogP contribution in [-0.2, 0) is 12.7 Å². The first kappa shape index (κ1) is 27.9. The number of nitrogens with zero attached hydrogens (tertiary/aromatic N) is 8. The monoisotopic (exact) mass is 670 g/mol. The fraction of sp³-hybridized carbons (Fsp3) is 0.182. The van der Waals surface area contributed by atoms with Gasteiger partial charge in [-0.15, -0.1) is 10.2 Å². The summed E-state index contributed by atoms with van der Waals surface area (Å²) in [5.74, 6) is -2.64. The molecular weight excluding hydrogens is 656 g/mol. The number of anilines is 1. The lowest BCUT2D eigenvalue weighted by Crippen LogP contribution is -2.24. The molecule has 0 atom stereocenters. The van der Waals surface area contributed by atoms with Crippen LogP contribution in [0, 0.1) is 21.8 Å². The molecule has 0 radical (unpaired) electrons. The van der Waals surface area contributed by atoms with Crippen molar-refractivity contribution in [2.24, 2.45) is 0 Å². The highest BCUT2D eigenvalue weighted by Gasteiger charge is 2.37. The van der Waals surface area contributed by atoms with Crippen molar-refractivity contribution in [1.29, 1.82) is 5.26 Å². The van der Waals surface area contributed by atoms with Crippen LogP contribution in [0.3, 0.4) is 0 Å². The standard InChI is InChI=1S/C22H15ClF3IN10O2/c1-10-6-11(8-28)7-12(19(38)29-2)16(10)31-20(39)17-15(27)14(9-36-34-21(32-35-36)22(24,25)26)33-37(17)18-13(23)4-3-5-30-18/h3-7H,9H2,1-2H3,(H,29,38)(H,31,39). The van der Waals surface area contributed by atoms with Gasteiger partial charge in [0.1, 0.15) is 17.9 Å². The number of pyridine rings is 1. The Morgan fingerprint density at radius 3 is 2.59 bits per heavy atom. The molecule has 0 saturated carbocycles. The number of hydrogen-bond donors (Lipinski definition) is 2. The molecule has 200 valence electrons. The smallest absolute Gasteiger partial charge is 0.355 e. The maximum Gasteiger partial charge on any atom is 0.455 e. The van der Waals surface area contributed by atoms with Gasteiger partial charge in [0.2, 0.25) is 0 Å². The van der Waals surface area contributed by atoms with Gasteiger partial charge in [-0.2, -0.15) is 28.3 Å². The van der Waals surface area contributed by atoms with Crippen molar-refractivity contribution in [2.45, 2.75) is 19.6 Å². The molecule has 39 heavy (non-hydrogen) atoms. The molecule has 4 rings (SSSR count). The second-order valence-electron chi connectivity index (χ2n) is 7.83. The Kier molecular flexibility index (Phi) is 7.83. The highest BCUT2D eigenvalue weighted by Crippen LogP contribution is 2.29. The lowest BCUT2D eigenvalue weighted by atomic mass is 10.0. The van der Waals surface area contributed by atoms with E-state index >= 15 is 0 Å². The number of nitrogens with one attached hydrogen (secondary N) is 2. The summed E-state index contributed by atoms with van der Waals surface area (Å²) in [4.78, 5) is 31.1. The summed E-state index contributed by atoms with van der Waals surface area (Å²) in [7, 11) is 1.40. The number of alkyl halides is 3. The summed E-state index contributed by atoms with van der Waals surface area (Å²) in [5, 5.41) is 28.7. The lowest BCUT2D eigenvalue weighted by molar-refractivity contribution is -0.145. The summed E-state index contributed by atoms with van der Waals surface area (Å²) in [6, 6.07) is 7.88. The normalized spacial score (nSPS) is 11.2. The van der Waals surface area contributed by atoms with Gasteiger partial charge < -0.3 is 10.6 Å². The molecule has 12 nitrogen and oxygen atoms in total. The van der Waals surface area contributed by atoms with Gasteiger partial charge in [0.05, 0.1) is 31.5 Å². The van der Waals surface area contributed by atoms with Crippen LogP contribution in [0.5, 0.6) is 0 Å². The summed E-state index contributed by atoms with van der Waals surface area (Å²) in [6.07, 6.45) is -3.38. The van der Waals surface area contributed by atoms with Crippen LogP contribution >= 0.6 is 34.2 Å². The first-order valence-corrected chi connectivity index (χ1v) is 12.2. The Hall–Kier alpha value is -4.11. The molecule has 0 fully saturated rings. The predicted molar refractivity (Wildman–Crippen MR) is 138 cm³/mol. The molecule has 0 aliphatic carbocycles. The number of tetrazole rings is 1. The second-order valence-corrected chi connectivity index (χ2v) is 9.32. The summed E-state index contributed by atoms with van der Waals surface area (Å²) in [5.41, 5.74) is 0.884. The van der Waals surface area contributed by atoms with E-state index in [1.54, 1.807) is 13.0 Å². The Morgan fingerprint density at radius 1 is 1.23 bits per heavy atom. The van der Waals surface area contributed by atoms with Gasteiger partial charge in [0.15, 0.2) is 5.82 Å². The molecule has 1 aromatic carbocycles. The molecule has 4 aromatic rings. The topological polar surface area (TPSA) is 156 Å². The van der Waals surface area contributed by atoms with Crippen molar-refractivity contribution in [1.82, 2.24) is 40.3 Å². The Labute approximate surface area is 236 Å². The average Bonchev–Trinajstić information content (AvgIpc) is 3.50. The molecule has 2 N–H and O–H groups in total. The third kappa shape index (κ3) is 5.68. The minimum atomic E-state index is -4.79. The molecule has 17 heteroatoms. The molecule has 3 heterocycles. The molecule has 2 amide bonds. The van der Waals surface area contributed by atoms with Crippen molar-refractivity contribution in [3.63, 3.8) is 0 Å². The van der Waals surface area contributed by atoms with Gasteiger partial charge in [0.25, 0.3) is 17.6 Å². The first-order valence-electron chi connectivity index (χ1n) is 10.8. The molecule has 0 saturated heterocycles. The van der Waals surface area contributed by atoms with E-state index in [1.807, 2.05) is 28.7 Å². The number of benzene rings is 1. The van der Waals surface area contributed by atoms with Gasteiger partial charge in [-0.25, -0.2) is 9.67 Å². The fourth-order valence-corrected chi connectivity index (χ4v) is 4.44. The van der Waals surface area contributed by atoms with Crippen molar-refractivity contribution in [3.8, 4) is 11.9 Å². The van der Waals surface area contributed by atoms with Crippen LogP contribution < -0.4 is 10.6 Å². The average molecular weight is 671 g/mol. The van der Waals surface area contributed by atoms with Crippen LogP contribution in [0.15, 0.2) is 30.5 Å². The van der Waals surface area contributed by atoms with E-state index in [-0.39, 0.29) is 49.2 Å². The van der Waals surface area contributed by atoms with Gasteiger partial charge in [-0.1, -0.05) is 11.6 Å². The zero-order valence-electron chi connectivity index (χ0n) is 19.9. The molecule has 0 unspecified atom stereocenters. The van der Waals surface area contributed by atoms with Crippen LogP contribution in [0.25, 0.3) is 5.82 Å². The maximum absolute atomic E-state index is 13.7. The molecular formula is C22H15ClF3IN10O2. The number of rotatable bonds is 6. The number of nitriles is 1. The summed E-state index contributed by atoms with van der Waals surface area (Å²) >= 11 is 8.12. The molecule has 0 aliphatic heterocycles. The van der Waals surface area contributed by atoms with Crippen molar-refractivity contribution >= 4 is 51.7 Å². The van der Waals surface area contributed by atoms with Gasteiger partial charge in [0, 0.05) is 13.2 Å². The summed E-state index contributed by atoms with van der Waals surface area (Å²) in [6.45, 7) is 1.25. The van der Waals surface area contributed by atoms with Crippen LogP contribution in [0.1, 0.15) is 43.5 Å². The van der Waals surface area contributed by atoms with Crippen molar-refractivity contribution in [2.75, 3.05) is 12.4 Å². The third-order valence-electron chi connectivity index (χ3n) is 5.22. The van der Waals surface area contributed by atoms with Crippen LogP contribution in [-0.4, -0.2) is 53.8 Å². The van der Waals surface area contributed by atoms with E-state index in [0.717, 1.165) is 4.68 Å². The Morgan fingerprint density at radius 2 is 1.97 bits per heavy atom. The van der Waals surface area contributed by atoms with E-state index in [0.29, 0.717) is 10.4 Å². The van der Waals surface area contributed by atoms with Gasteiger partial charge in [-0.05, 0) is 64.6 Å². The van der Waals surface area contributed by atoms with E-state index in [2.05, 4.69) is 36.1 Å². The lowest BCUT2D eigenvalue weighted by Gasteiger charge is -2.15. The SMILES string of the molecule is CNC(=O)c1cc(C#N)cc(C)c1NC(=O)c1c(I)c(Cn2nnc(C(F)(F)F)n2)nn1-c1ncccc1Cl. The van der Waals surface area contributed by atoms with Crippen molar-refractivity contribution < 1.29 is 22.8 Å². The van der Waals surface area contributed by atoms with E-state index < -0.39 is 23.8 Å². The van der Waals surface area contributed by atoms with E-state index in [4.69, 9.17) is 11.6 Å². The number of halogens is 5. The Balaban J connectivity index is 1.81. The number of carbonyl (C=O) groups excluding carboxylic acids is 2. The van der Waals surface area contributed by atoms with Gasteiger partial charge >= 0.3 is 6.18 Å². The largest absolute Gasteiger partial charge is 0.455 e. The van der Waals surface area contributed by atoms with Crippen LogP contribution in [0.2, 0.25) is 5.02 Å². The highest BCUT2D eigenvalue weighted by molar-refractivity contribution is 14.1. The number of aromatic nitrogens is 7. The quantitative estimate of drug-likeness (QED) is 0.296. The van der Waals surface area contributed by atoms with Gasteiger partial charge in [-0.3, -0.25) is 9.59 Å². The second kappa shape index (κ2) is 10.9. The number of amides is 2.